The van der Waals surface area contributed by atoms with Crippen molar-refractivity contribution in [2.45, 2.75) is 17.4 Å². The molecule has 0 amide bonds. The molecule has 0 aliphatic heterocycles. The van der Waals surface area contributed by atoms with Crippen molar-refractivity contribution in [1.29, 1.82) is 0 Å². The molecule has 0 bridgehead atoms. The van der Waals surface area contributed by atoms with E-state index >= 15 is 0 Å². The predicted molar refractivity (Wildman–Crippen MR) is 27.7 cm³/mol. The molecule has 0 fully saturated rings. The van der Waals surface area contributed by atoms with Gasteiger partial charge in [0.1, 0.15) is 0 Å². The first kappa shape index (κ1) is 11.8. The van der Waals surface area contributed by atoms with Gasteiger partial charge >= 0.3 is 17.4 Å². The summed E-state index contributed by atoms with van der Waals surface area (Å²) in [5, 5.41) is -5.35. The molecule has 0 rings (SSSR count). The fraction of sp³-hybridized carbons (Fsp3) is 1.00. The minimum atomic E-state index is -5.74. The molecule has 0 radical (unpaired) electrons. The zero-order valence-electron chi connectivity index (χ0n) is 5.55. The van der Waals surface area contributed by atoms with Crippen molar-refractivity contribution in [1.82, 2.24) is 0 Å². The third-order valence-corrected chi connectivity index (χ3v) is 1.22. The topological polar surface area (TPSA) is 9.23 Å². The molecule has 1 nitrogen and oxygen atoms in total. The van der Waals surface area contributed by atoms with Crippen LogP contribution in [-0.2, 0) is 4.74 Å². The Morgan fingerprint density at radius 2 is 1.33 bits per heavy atom. The quantitative estimate of drug-likeness (QED) is 0.521. The number of ether oxygens (including phenoxy) is 1. The molecule has 0 saturated carbocycles. The molecule has 0 heterocycles. The summed E-state index contributed by atoms with van der Waals surface area (Å²) in [6.45, 7) is 0. The smallest absolute Gasteiger partial charge is 0.319 e. The lowest BCUT2D eigenvalue weighted by Gasteiger charge is -2.27. The Bertz CT molecular complexity index is 163. The average Bonchev–Trinajstić information content (AvgIpc) is 1.85. The Balaban J connectivity index is 4.85. The molecule has 0 N–H and O–H groups in total. The molecule has 0 saturated heterocycles. The Morgan fingerprint density at radius 3 is 1.42 bits per heavy atom. The molecule has 0 aliphatic carbocycles. The summed E-state index contributed by atoms with van der Waals surface area (Å²) < 4.78 is 73.8. The fourth-order valence-electron chi connectivity index (χ4n) is 0.293. The van der Waals surface area contributed by atoms with Crippen LogP contribution in [0, 0.1) is 0 Å². The SMILES string of the molecule is COC(F)(F)C(F)(F)C(F)(F)Cl. The van der Waals surface area contributed by atoms with Crippen LogP contribution in [0.5, 0.6) is 0 Å². The molecule has 0 unspecified atom stereocenters. The van der Waals surface area contributed by atoms with Crippen molar-refractivity contribution in [2.75, 3.05) is 7.11 Å². The summed E-state index contributed by atoms with van der Waals surface area (Å²) in [6, 6.07) is 0. The van der Waals surface area contributed by atoms with Gasteiger partial charge in [-0.2, -0.15) is 26.3 Å². The Hall–Kier alpha value is -0.170. The molecule has 0 aromatic carbocycles. The normalized spacial score (nSPS) is 15.0. The van der Waals surface area contributed by atoms with Crippen molar-refractivity contribution in [3.05, 3.63) is 0 Å². The second-order valence-electron chi connectivity index (χ2n) is 1.79. The summed E-state index contributed by atoms with van der Waals surface area (Å²) in [5.41, 5.74) is 0. The van der Waals surface area contributed by atoms with E-state index in [2.05, 4.69) is 16.3 Å². The Labute approximate surface area is 68.2 Å². The summed E-state index contributed by atoms with van der Waals surface area (Å²) in [7, 11) is 0.163. The number of halogens is 7. The van der Waals surface area contributed by atoms with Crippen LogP contribution in [0.4, 0.5) is 26.3 Å². The van der Waals surface area contributed by atoms with Crippen LogP contribution >= 0.6 is 11.6 Å². The van der Waals surface area contributed by atoms with Crippen LogP contribution in [-0.4, -0.2) is 24.5 Å². The lowest BCUT2D eigenvalue weighted by molar-refractivity contribution is -0.374. The second-order valence-corrected chi connectivity index (χ2v) is 2.27. The van der Waals surface area contributed by atoms with E-state index in [0.29, 0.717) is 0 Å². The molecule has 0 aliphatic rings. The van der Waals surface area contributed by atoms with Crippen LogP contribution < -0.4 is 0 Å². The maximum atomic E-state index is 12.0. The van der Waals surface area contributed by atoms with E-state index in [-0.39, 0.29) is 7.11 Å². The summed E-state index contributed by atoms with van der Waals surface area (Å²) >= 11 is 3.74. The van der Waals surface area contributed by atoms with Crippen LogP contribution in [0.15, 0.2) is 0 Å². The zero-order valence-corrected chi connectivity index (χ0v) is 6.31. The molecule has 0 spiro atoms. The van der Waals surface area contributed by atoms with E-state index in [0.717, 1.165) is 0 Å². The maximum Gasteiger partial charge on any atom is 0.426 e. The standard InChI is InChI=1S/C4H3ClF6O/c1-12-4(10,11)2(6,7)3(5,8)9/h1H3. The van der Waals surface area contributed by atoms with Crippen LogP contribution in [0.3, 0.4) is 0 Å². The average molecular weight is 217 g/mol. The highest BCUT2D eigenvalue weighted by Gasteiger charge is 2.72. The first-order valence-corrected chi connectivity index (χ1v) is 2.81. The minimum Gasteiger partial charge on any atom is -0.319 e. The Morgan fingerprint density at radius 1 is 1.00 bits per heavy atom. The van der Waals surface area contributed by atoms with Gasteiger partial charge < -0.3 is 4.74 Å². The van der Waals surface area contributed by atoms with Gasteiger partial charge in [-0.1, -0.05) is 0 Å². The van der Waals surface area contributed by atoms with Gasteiger partial charge in [-0.25, -0.2) is 0 Å². The lowest BCUT2D eigenvalue weighted by Crippen LogP contribution is -2.52. The van der Waals surface area contributed by atoms with Gasteiger partial charge in [0.15, 0.2) is 0 Å². The van der Waals surface area contributed by atoms with E-state index in [1.165, 1.54) is 0 Å². The first-order valence-electron chi connectivity index (χ1n) is 2.44. The third-order valence-electron chi connectivity index (χ3n) is 0.978. The fourth-order valence-corrected chi connectivity index (χ4v) is 0.403. The maximum absolute atomic E-state index is 12.0. The van der Waals surface area contributed by atoms with Gasteiger partial charge in [-0.05, 0) is 11.6 Å². The van der Waals surface area contributed by atoms with Crippen molar-refractivity contribution in [3.8, 4) is 0 Å². The number of hydrogen-bond acceptors (Lipinski definition) is 1. The highest BCUT2D eigenvalue weighted by molar-refractivity contribution is 6.22. The number of methoxy groups -OCH3 is 1. The molecule has 0 atom stereocenters. The van der Waals surface area contributed by atoms with E-state index in [1.807, 2.05) is 0 Å². The van der Waals surface area contributed by atoms with E-state index in [9.17, 15) is 26.3 Å². The van der Waals surface area contributed by atoms with Gasteiger partial charge in [-0.3, -0.25) is 0 Å². The molecule has 12 heavy (non-hydrogen) atoms. The Kier molecular flexibility index (Phi) is 2.91. The second kappa shape index (κ2) is 2.95. The third kappa shape index (κ3) is 1.77. The molecule has 0 aromatic heterocycles. The molecule has 0 aromatic rings. The van der Waals surface area contributed by atoms with Crippen molar-refractivity contribution in [3.63, 3.8) is 0 Å². The number of hydrogen-bond donors (Lipinski definition) is 0. The highest BCUT2D eigenvalue weighted by atomic mass is 35.5. The molecular formula is C4H3ClF6O. The summed E-state index contributed by atoms with van der Waals surface area (Å²) in [4.78, 5) is 0. The molecule has 74 valence electrons. The van der Waals surface area contributed by atoms with E-state index < -0.39 is 17.4 Å². The summed E-state index contributed by atoms with van der Waals surface area (Å²) in [5.74, 6) is -5.74. The highest BCUT2D eigenvalue weighted by Crippen LogP contribution is 2.47. The van der Waals surface area contributed by atoms with Crippen LogP contribution in [0.25, 0.3) is 0 Å². The molecule has 8 heteroatoms. The molecular weight excluding hydrogens is 213 g/mol. The van der Waals surface area contributed by atoms with E-state index in [1.54, 1.807) is 0 Å². The van der Waals surface area contributed by atoms with Crippen molar-refractivity contribution < 1.29 is 31.1 Å². The van der Waals surface area contributed by atoms with Crippen LogP contribution in [0.2, 0.25) is 0 Å². The van der Waals surface area contributed by atoms with Gasteiger partial charge in [0, 0.05) is 7.11 Å². The van der Waals surface area contributed by atoms with Crippen molar-refractivity contribution in [2.24, 2.45) is 0 Å². The largest absolute Gasteiger partial charge is 0.426 e. The predicted octanol–water partition coefficient (Wildman–Crippen LogP) is 2.69. The van der Waals surface area contributed by atoms with Gasteiger partial charge in [0.05, 0.1) is 0 Å². The minimum absolute atomic E-state index is 0.163. The lowest BCUT2D eigenvalue weighted by atomic mass is 10.3. The van der Waals surface area contributed by atoms with Gasteiger partial charge in [-0.15, -0.1) is 0 Å². The van der Waals surface area contributed by atoms with Crippen LogP contribution in [0.1, 0.15) is 0 Å². The summed E-state index contributed by atoms with van der Waals surface area (Å²) in [6.07, 6.45) is -5.29. The van der Waals surface area contributed by atoms with Gasteiger partial charge in [0.25, 0.3) is 0 Å². The number of alkyl halides is 7. The first-order chi connectivity index (χ1) is 5.06. The number of rotatable bonds is 3. The van der Waals surface area contributed by atoms with E-state index in [4.69, 9.17) is 0 Å². The van der Waals surface area contributed by atoms with Crippen molar-refractivity contribution >= 4 is 11.6 Å². The zero-order chi connectivity index (χ0) is 10.2. The van der Waals surface area contributed by atoms with Gasteiger partial charge in [0.2, 0.25) is 0 Å². The monoisotopic (exact) mass is 216 g/mol.